The number of nitrogens with zero attached hydrogens (tertiary/aromatic N) is 2. The smallest absolute Gasteiger partial charge is 0.342 e. The van der Waals surface area contributed by atoms with Gasteiger partial charge in [-0.15, -0.1) is 11.3 Å². The molecule has 3 rings (SSSR count). The SMILES string of the molecule is CC(C)(C)NC(=O)NC(=O)COC(=O)c1cn(-c2ccccc2)nc1-c1cccs1. The number of carbonyl (C=O) groups is 3. The Morgan fingerprint density at radius 2 is 1.83 bits per heavy atom. The van der Waals surface area contributed by atoms with Crippen LogP contribution in [0.15, 0.2) is 54.0 Å². The highest BCUT2D eigenvalue weighted by molar-refractivity contribution is 7.13. The maximum Gasteiger partial charge on any atom is 0.342 e. The van der Waals surface area contributed by atoms with Crippen molar-refractivity contribution in [2.24, 2.45) is 0 Å². The van der Waals surface area contributed by atoms with Gasteiger partial charge in [0.05, 0.1) is 10.6 Å². The summed E-state index contributed by atoms with van der Waals surface area (Å²) in [5.74, 6) is -1.43. The summed E-state index contributed by atoms with van der Waals surface area (Å²) in [4.78, 5) is 37.2. The van der Waals surface area contributed by atoms with Crippen molar-refractivity contribution in [3.05, 3.63) is 59.6 Å². The molecule has 0 fully saturated rings. The van der Waals surface area contributed by atoms with Crippen molar-refractivity contribution in [1.29, 1.82) is 0 Å². The van der Waals surface area contributed by atoms with Gasteiger partial charge in [-0.2, -0.15) is 5.10 Å². The van der Waals surface area contributed by atoms with E-state index >= 15 is 0 Å². The highest BCUT2D eigenvalue weighted by atomic mass is 32.1. The number of hydrogen-bond donors (Lipinski definition) is 2. The van der Waals surface area contributed by atoms with E-state index in [1.807, 2.05) is 47.8 Å². The zero-order valence-electron chi connectivity index (χ0n) is 16.8. The quantitative estimate of drug-likeness (QED) is 0.609. The van der Waals surface area contributed by atoms with Gasteiger partial charge in [0.2, 0.25) is 0 Å². The lowest BCUT2D eigenvalue weighted by atomic mass is 10.1. The summed E-state index contributed by atoms with van der Waals surface area (Å²) in [6, 6.07) is 12.4. The molecule has 9 heteroatoms. The van der Waals surface area contributed by atoms with Gasteiger partial charge in [-0.25, -0.2) is 14.3 Å². The fraction of sp³-hybridized carbons (Fsp3) is 0.238. The number of amides is 3. The van der Waals surface area contributed by atoms with Crippen LogP contribution in [-0.4, -0.2) is 39.8 Å². The topological polar surface area (TPSA) is 102 Å². The molecule has 0 unspecified atom stereocenters. The Morgan fingerprint density at radius 1 is 1.10 bits per heavy atom. The number of carbonyl (C=O) groups excluding carboxylic acids is 3. The average Bonchev–Trinajstić information content (AvgIpc) is 3.34. The van der Waals surface area contributed by atoms with Crippen LogP contribution in [0, 0.1) is 0 Å². The summed E-state index contributed by atoms with van der Waals surface area (Å²) in [5.41, 5.74) is 0.979. The summed E-state index contributed by atoms with van der Waals surface area (Å²) in [6.07, 6.45) is 1.57. The average molecular weight is 426 g/mol. The first-order chi connectivity index (χ1) is 14.2. The molecule has 0 aliphatic heterocycles. The molecule has 0 saturated carbocycles. The number of rotatable bonds is 5. The van der Waals surface area contributed by atoms with Gasteiger partial charge in [0.25, 0.3) is 5.91 Å². The first-order valence-corrected chi connectivity index (χ1v) is 10.1. The Hall–Kier alpha value is -3.46. The van der Waals surface area contributed by atoms with Crippen LogP contribution in [0.3, 0.4) is 0 Å². The molecule has 30 heavy (non-hydrogen) atoms. The van der Waals surface area contributed by atoms with E-state index in [0.29, 0.717) is 5.69 Å². The molecule has 8 nitrogen and oxygen atoms in total. The van der Waals surface area contributed by atoms with Crippen LogP contribution in [0.5, 0.6) is 0 Å². The lowest BCUT2D eigenvalue weighted by Gasteiger charge is -2.20. The van der Waals surface area contributed by atoms with Gasteiger partial charge in [0.15, 0.2) is 6.61 Å². The van der Waals surface area contributed by atoms with Gasteiger partial charge >= 0.3 is 12.0 Å². The van der Waals surface area contributed by atoms with Gasteiger partial charge in [-0.3, -0.25) is 10.1 Å². The molecular weight excluding hydrogens is 404 g/mol. The molecule has 2 aromatic heterocycles. The maximum atomic E-state index is 12.7. The number of hydrogen-bond acceptors (Lipinski definition) is 6. The largest absolute Gasteiger partial charge is 0.452 e. The predicted molar refractivity (Wildman–Crippen MR) is 114 cm³/mol. The molecule has 0 spiro atoms. The molecule has 0 aliphatic rings. The second-order valence-corrected chi connectivity index (χ2v) is 8.42. The minimum absolute atomic E-state index is 0.230. The second-order valence-electron chi connectivity index (χ2n) is 7.48. The number of benzene rings is 1. The maximum absolute atomic E-state index is 12.7. The van der Waals surface area contributed by atoms with Gasteiger partial charge < -0.3 is 10.1 Å². The molecule has 0 saturated heterocycles. The van der Waals surface area contributed by atoms with Crippen LogP contribution >= 0.6 is 11.3 Å². The van der Waals surface area contributed by atoms with Crippen molar-refractivity contribution in [1.82, 2.24) is 20.4 Å². The third-order valence-electron chi connectivity index (χ3n) is 3.79. The van der Waals surface area contributed by atoms with E-state index in [4.69, 9.17) is 4.74 Å². The first kappa shape index (κ1) is 21.3. The number of esters is 1. The lowest BCUT2D eigenvalue weighted by molar-refractivity contribution is -0.123. The molecule has 0 radical (unpaired) electrons. The first-order valence-electron chi connectivity index (χ1n) is 9.21. The summed E-state index contributed by atoms with van der Waals surface area (Å²) < 4.78 is 6.71. The third kappa shape index (κ3) is 5.54. The van der Waals surface area contributed by atoms with E-state index in [1.54, 1.807) is 31.6 Å². The number of aromatic nitrogens is 2. The molecule has 156 valence electrons. The Balaban J connectivity index is 1.73. The van der Waals surface area contributed by atoms with Crippen LogP contribution in [-0.2, 0) is 9.53 Å². The number of nitrogens with one attached hydrogen (secondary N) is 2. The van der Waals surface area contributed by atoms with Crippen molar-refractivity contribution < 1.29 is 19.1 Å². The standard InChI is InChI=1S/C21H22N4O4S/c1-21(2,3)23-20(28)22-17(26)13-29-19(27)15-12-25(14-8-5-4-6-9-14)24-18(15)16-10-7-11-30-16/h4-12H,13H2,1-3H3,(H2,22,23,26,28). The van der Waals surface area contributed by atoms with Gasteiger partial charge in [0, 0.05) is 11.7 Å². The predicted octanol–water partition coefficient (Wildman–Crippen LogP) is 3.38. The molecule has 3 amide bonds. The minimum Gasteiger partial charge on any atom is -0.452 e. The molecule has 0 aliphatic carbocycles. The summed E-state index contributed by atoms with van der Waals surface area (Å²) in [5, 5.41) is 11.1. The van der Waals surface area contributed by atoms with E-state index in [-0.39, 0.29) is 5.56 Å². The third-order valence-corrected chi connectivity index (χ3v) is 4.66. The zero-order chi connectivity index (χ0) is 21.7. The normalized spacial score (nSPS) is 11.0. The van der Waals surface area contributed by atoms with E-state index in [9.17, 15) is 14.4 Å². The van der Waals surface area contributed by atoms with Gasteiger partial charge in [-0.05, 0) is 44.4 Å². The van der Waals surface area contributed by atoms with Crippen molar-refractivity contribution in [2.75, 3.05) is 6.61 Å². The summed E-state index contributed by atoms with van der Waals surface area (Å²) in [6.45, 7) is 4.77. The number of ether oxygens (including phenoxy) is 1. The highest BCUT2D eigenvalue weighted by Gasteiger charge is 2.22. The fourth-order valence-corrected chi connectivity index (χ4v) is 3.30. The van der Waals surface area contributed by atoms with Crippen LogP contribution < -0.4 is 10.6 Å². The molecule has 1 aromatic carbocycles. The number of thiophene rings is 1. The number of imide groups is 1. The van der Waals surface area contributed by atoms with E-state index in [0.717, 1.165) is 10.6 Å². The van der Waals surface area contributed by atoms with Crippen LogP contribution in [0.1, 0.15) is 31.1 Å². The van der Waals surface area contributed by atoms with Crippen molar-refractivity contribution in [3.63, 3.8) is 0 Å². The Morgan fingerprint density at radius 3 is 2.47 bits per heavy atom. The molecule has 0 bridgehead atoms. The van der Waals surface area contributed by atoms with Crippen molar-refractivity contribution in [2.45, 2.75) is 26.3 Å². The van der Waals surface area contributed by atoms with Crippen LogP contribution in [0.2, 0.25) is 0 Å². The van der Waals surface area contributed by atoms with Crippen LogP contribution in [0.4, 0.5) is 4.79 Å². The Kier molecular flexibility index (Phi) is 6.31. The van der Waals surface area contributed by atoms with E-state index in [1.165, 1.54) is 11.3 Å². The van der Waals surface area contributed by atoms with Crippen LogP contribution in [0.25, 0.3) is 16.3 Å². The van der Waals surface area contributed by atoms with Crippen molar-refractivity contribution >= 4 is 29.2 Å². The minimum atomic E-state index is -0.724. The second kappa shape index (κ2) is 8.91. The van der Waals surface area contributed by atoms with Gasteiger partial charge in [-0.1, -0.05) is 24.3 Å². The summed E-state index contributed by atoms with van der Waals surface area (Å²) >= 11 is 1.44. The fourth-order valence-electron chi connectivity index (χ4n) is 2.57. The molecule has 2 heterocycles. The van der Waals surface area contributed by atoms with Crippen molar-refractivity contribution in [3.8, 4) is 16.3 Å². The number of para-hydroxylation sites is 1. The molecule has 3 aromatic rings. The summed E-state index contributed by atoms with van der Waals surface area (Å²) in [7, 11) is 0. The van der Waals surface area contributed by atoms with E-state index < -0.39 is 30.1 Å². The Labute approximate surface area is 177 Å². The molecule has 0 atom stereocenters. The molecule has 2 N–H and O–H groups in total. The van der Waals surface area contributed by atoms with Gasteiger partial charge in [0.1, 0.15) is 11.3 Å². The van der Waals surface area contributed by atoms with E-state index in [2.05, 4.69) is 15.7 Å². The zero-order valence-corrected chi connectivity index (χ0v) is 17.7. The lowest BCUT2D eigenvalue weighted by Crippen LogP contribution is -2.49. The molecular formula is C21H22N4O4S. The Bertz CT molecular complexity index is 1040. The monoisotopic (exact) mass is 426 g/mol. The number of urea groups is 1. The highest BCUT2D eigenvalue weighted by Crippen LogP contribution is 2.28.